The van der Waals surface area contributed by atoms with Crippen molar-refractivity contribution in [3.05, 3.63) is 258 Å². The summed E-state index contributed by atoms with van der Waals surface area (Å²) >= 11 is 0. The van der Waals surface area contributed by atoms with Crippen molar-refractivity contribution in [2.45, 2.75) is 64.3 Å². The Bertz CT molecular complexity index is 4480. The molecule has 15 rings (SSSR count). The van der Waals surface area contributed by atoms with Gasteiger partial charge < -0.3 is 13.4 Å². The van der Waals surface area contributed by atoms with Crippen molar-refractivity contribution in [1.29, 1.82) is 0 Å². The van der Waals surface area contributed by atoms with Crippen LogP contribution in [0.1, 0.15) is 91.3 Å². The van der Waals surface area contributed by atoms with E-state index in [1.54, 1.807) is 0 Å². The second kappa shape index (κ2) is 18.5. The van der Waals surface area contributed by atoms with Crippen molar-refractivity contribution in [2.24, 2.45) is 22.7 Å². The minimum absolute atomic E-state index is 0.0382. The van der Waals surface area contributed by atoms with Gasteiger partial charge in [0.2, 0.25) is 0 Å². The molecule has 4 nitrogen and oxygen atoms in total. The molecule has 0 saturated heterocycles. The van der Waals surface area contributed by atoms with Gasteiger partial charge >= 0.3 is 0 Å². The molecule has 0 saturated carbocycles. The van der Waals surface area contributed by atoms with Crippen LogP contribution in [0.3, 0.4) is 0 Å². The van der Waals surface area contributed by atoms with Crippen LogP contribution in [0, 0.1) is 17.8 Å². The maximum atomic E-state index is 6.90. The van der Waals surface area contributed by atoms with Crippen LogP contribution in [0.4, 0.5) is 0 Å². The summed E-state index contributed by atoms with van der Waals surface area (Å²) in [5, 5.41) is 7.13. The number of hydrogen-bond donors (Lipinski definition) is 0. The van der Waals surface area contributed by atoms with Crippen LogP contribution in [-0.4, -0.2) is 10.3 Å². The molecule has 0 radical (unpaired) electrons. The van der Waals surface area contributed by atoms with Crippen LogP contribution in [0.5, 0.6) is 0 Å². The molecule has 7 atom stereocenters. The summed E-state index contributed by atoms with van der Waals surface area (Å²) in [7, 11) is 0. The van der Waals surface area contributed by atoms with E-state index in [2.05, 4.69) is 257 Å². The maximum Gasteiger partial charge on any atom is 0.144 e. The number of aliphatic imine (C=N–C) groups is 1. The van der Waals surface area contributed by atoms with Gasteiger partial charge in [0.05, 0.1) is 22.8 Å². The Labute approximate surface area is 455 Å². The van der Waals surface area contributed by atoms with Crippen molar-refractivity contribution >= 4 is 71.4 Å². The Hall–Kier alpha value is -8.73. The van der Waals surface area contributed by atoms with Crippen molar-refractivity contribution in [3.8, 4) is 27.9 Å². The third-order valence-electron chi connectivity index (χ3n) is 18.5. The molecule has 1 aliphatic heterocycles. The van der Waals surface area contributed by atoms with Crippen LogP contribution in [0.25, 0.3) is 93.6 Å². The number of para-hydroxylation sites is 3. The number of benzene rings is 10. The normalized spacial score (nSPS) is 20.5. The smallest absolute Gasteiger partial charge is 0.144 e. The van der Waals surface area contributed by atoms with Gasteiger partial charge in [0.25, 0.3) is 0 Å². The fourth-order valence-electron chi connectivity index (χ4n) is 14.6. The van der Waals surface area contributed by atoms with Gasteiger partial charge in [-0.3, -0.25) is 4.99 Å². The average molecular weight is 1010 g/mol. The third kappa shape index (κ3) is 7.22. The summed E-state index contributed by atoms with van der Waals surface area (Å²) < 4.78 is 16.3. The van der Waals surface area contributed by atoms with E-state index in [-0.39, 0.29) is 35.6 Å². The maximum absolute atomic E-state index is 6.90. The first-order chi connectivity index (χ1) is 38.4. The van der Waals surface area contributed by atoms with Crippen LogP contribution in [-0.2, 0) is 6.42 Å². The van der Waals surface area contributed by atoms with Crippen molar-refractivity contribution in [1.82, 2.24) is 4.57 Å². The highest BCUT2D eigenvalue weighted by atomic mass is 16.3. The molecule has 4 heterocycles. The van der Waals surface area contributed by atoms with Gasteiger partial charge in [-0.25, -0.2) is 0 Å². The molecule has 4 heteroatoms. The SMILES string of the molecule is CCC1C(c2cccc3c2oc2ccccc23)=NC(c2ccccc2)C(C)C(C)C1c1cccc2oc3ccc(-c4ccc5c(c4)c4ccc6c(c4n5-c4ccccc4)C(C)C(c4ccccc4)Cc4ccccc4-6)cc3c12. The van der Waals surface area contributed by atoms with E-state index in [1.807, 2.05) is 0 Å². The lowest BCUT2D eigenvalue weighted by Gasteiger charge is -2.34. The summed E-state index contributed by atoms with van der Waals surface area (Å²) in [5.41, 5.74) is 21.3. The monoisotopic (exact) mass is 1010 g/mol. The van der Waals surface area contributed by atoms with Gasteiger partial charge in [-0.2, -0.15) is 0 Å². The van der Waals surface area contributed by atoms with E-state index in [4.69, 9.17) is 13.8 Å². The average Bonchev–Trinajstić information content (AvgIpc) is 4.17. The van der Waals surface area contributed by atoms with E-state index in [1.165, 1.54) is 83.0 Å². The molecule has 0 amide bonds. The molecule has 78 heavy (non-hydrogen) atoms. The van der Waals surface area contributed by atoms with Crippen molar-refractivity contribution in [2.75, 3.05) is 0 Å². The number of rotatable bonds is 7. The predicted octanol–water partition coefficient (Wildman–Crippen LogP) is 20.0. The Morgan fingerprint density at radius 2 is 1.15 bits per heavy atom. The van der Waals surface area contributed by atoms with Crippen molar-refractivity contribution in [3.63, 3.8) is 0 Å². The van der Waals surface area contributed by atoms with Crippen LogP contribution in [0.15, 0.2) is 238 Å². The Morgan fingerprint density at radius 3 is 1.96 bits per heavy atom. The number of hydrogen-bond acceptors (Lipinski definition) is 3. The van der Waals surface area contributed by atoms with Gasteiger partial charge in [0.15, 0.2) is 0 Å². The molecular formula is C74H60N2O2. The molecule has 0 spiro atoms. The van der Waals surface area contributed by atoms with E-state index in [0.717, 1.165) is 62.6 Å². The molecule has 0 fully saturated rings. The Balaban J connectivity index is 0.912. The molecule has 378 valence electrons. The van der Waals surface area contributed by atoms with Gasteiger partial charge in [-0.1, -0.05) is 198 Å². The molecule has 0 bridgehead atoms. The van der Waals surface area contributed by atoms with E-state index in [9.17, 15) is 0 Å². The molecule has 10 aromatic carbocycles. The van der Waals surface area contributed by atoms with E-state index >= 15 is 0 Å². The zero-order chi connectivity index (χ0) is 52.2. The Kier molecular flexibility index (Phi) is 11.0. The second-order valence-electron chi connectivity index (χ2n) is 22.4. The lowest BCUT2D eigenvalue weighted by atomic mass is 9.68. The number of aromatic nitrogens is 1. The zero-order valence-corrected chi connectivity index (χ0v) is 44.5. The summed E-state index contributed by atoms with van der Waals surface area (Å²) in [6.45, 7) is 9.71. The second-order valence-corrected chi connectivity index (χ2v) is 22.4. The molecule has 1 aliphatic carbocycles. The summed E-state index contributed by atoms with van der Waals surface area (Å²) in [4.78, 5) is 5.94. The third-order valence-corrected chi connectivity index (χ3v) is 18.5. The lowest BCUT2D eigenvalue weighted by Crippen LogP contribution is -2.28. The van der Waals surface area contributed by atoms with Gasteiger partial charge in [-0.05, 0) is 147 Å². The Morgan fingerprint density at radius 1 is 0.500 bits per heavy atom. The fourth-order valence-corrected chi connectivity index (χ4v) is 14.6. The summed E-state index contributed by atoms with van der Waals surface area (Å²) in [5.74, 6) is 1.25. The molecular weight excluding hydrogens is 949 g/mol. The first kappa shape index (κ1) is 46.6. The standard InChI is InChI=1S/C74H60N2O2/c1-5-53-68(44(2)45(3)71(48-23-11-7-12-24-48)75-72(53)60-32-19-30-58-55-29-17-18-33-65(55)78-74(58)60)59-31-20-34-67-70(59)63-42-50(36-40-66(63)77-67)49-35-39-64-62(41-49)57-38-37-56-54-28-16-15-25-51(54)43-61(47-21-9-6-10-22-47)46(4)69(56)73(57)76(64)52-26-13-8-14-27-52/h6-42,44-46,53,61,68,71H,5,43H2,1-4H3. The highest BCUT2D eigenvalue weighted by Crippen LogP contribution is 2.53. The molecule has 7 unspecified atom stereocenters. The predicted molar refractivity (Wildman–Crippen MR) is 325 cm³/mol. The number of furan rings is 2. The van der Waals surface area contributed by atoms with Crippen LogP contribution < -0.4 is 0 Å². The minimum atomic E-state index is -0.0382. The first-order valence-electron chi connectivity index (χ1n) is 28.2. The van der Waals surface area contributed by atoms with Gasteiger partial charge in [-0.15, -0.1) is 0 Å². The fraction of sp³-hybridized carbons (Fsp3) is 0.176. The van der Waals surface area contributed by atoms with Crippen LogP contribution >= 0.6 is 0 Å². The first-order valence-corrected chi connectivity index (χ1v) is 28.2. The molecule has 0 N–H and O–H groups in total. The topological polar surface area (TPSA) is 43.6 Å². The van der Waals surface area contributed by atoms with Gasteiger partial charge in [0, 0.05) is 49.5 Å². The number of fused-ring (bicyclic) bond motifs is 13. The largest absolute Gasteiger partial charge is 0.456 e. The molecule has 13 aromatic rings. The minimum Gasteiger partial charge on any atom is -0.456 e. The molecule has 2 aliphatic rings. The summed E-state index contributed by atoms with van der Waals surface area (Å²) in [6, 6.07) is 82.8. The zero-order valence-electron chi connectivity index (χ0n) is 44.5. The molecule has 3 aromatic heterocycles. The highest BCUT2D eigenvalue weighted by Gasteiger charge is 2.42. The van der Waals surface area contributed by atoms with E-state index < -0.39 is 0 Å². The van der Waals surface area contributed by atoms with Crippen molar-refractivity contribution < 1.29 is 8.83 Å². The summed E-state index contributed by atoms with van der Waals surface area (Å²) in [6.07, 6.45) is 1.90. The quantitative estimate of drug-likeness (QED) is 0.160. The highest BCUT2D eigenvalue weighted by molar-refractivity contribution is 6.17. The van der Waals surface area contributed by atoms with Gasteiger partial charge in [0.1, 0.15) is 22.3 Å². The lowest BCUT2D eigenvalue weighted by molar-refractivity contribution is 0.267. The van der Waals surface area contributed by atoms with E-state index in [0.29, 0.717) is 5.92 Å². The number of nitrogens with zero attached hydrogens (tertiary/aromatic N) is 2. The van der Waals surface area contributed by atoms with Crippen LogP contribution in [0.2, 0.25) is 0 Å².